The van der Waals surface area contributed by atoms with Crippen LogP contribution in [0.25, 0.3) is 10.8 Å². The fraction of sp³-hybridized carbons (Fsp3) is 0.444. The number of aliphatic hydroxyl groups excluding tert-OH is 1. The van der Waals surface area contributed by atoms with E-state index < -0.39 is 0 Å². The second-order valence-corrected chi connectivity index (χ2v) is 6.30. The van der Waals surface area contributed by atoms with Crippen molar-refractivity contribution in [2.45, 2.75) is 32.4 Å². The number of aliphatic hydroxyl groups is 1. The first-order valence-corrected chi connectivity index (χ1v) is 8.16. The highest BCUT2D eigenvalue weighted by molar-refractivity contribution is 5.88. The summed E-state index contributed by atoms with van der Waals surface area (Å²) in [6.45, 7) is 4.14. The van der Waals surface area contributed by atoms with Crippen molar-refractivity contribution in [3.8, 4) is 11.6 Å². The maximum Gasteiger partial charge on any atom is 0.225 e. The van der Waals surface area contributed by atoms with Crippen molar-refractivity contribution in [2.24, 2.45) is 5.92 Å². The average molecular weight is 330 g/mol. The molecule has 24 heavy (non-hydrogen) atoms. The Bertz CT molecular complexity index is 732. The minimum absolute atomic E-state index is 0.0904. The number of amides is 1. The summed E-state index contributed by atoms with van der Waals surface area (Å²) in [6, 6.07) is 7.62. The zero-order valence-electron chi connectivity index (χ0n) is 13.9. The number of nitrogens with zero attached hydrogens (tertiary/aromatic N) is 1. The van der Waals surface area contributed by atoms with Crippen LogP contribution in [0.15, 0.2) is 30.5 Å². The van der Waals surface area contributed by atoms with Gasteiger partial charge in [0.25, 0.3) is 0 Å². The molecule has 0 radical (unpaired) electrons. The van der Waals surface area contributed by atoms with Crippen molar-refractivity contribution in [1.29, 1.82) is 0 Å². The van der Waals surface area contributed by atoms with Gasteiger partial charge in [-0.3, -0.25) is 4.79 Å². The minimum Gasteiger partial charge on any atom is -0.491 e. The van der Waals surface area contributed by atoms with E-state index in [9.17, 15) is 4.79 Å². The molecule has 1 fully saturated rings. The molecule has 0 spiro atoms. The lowest BCUT2D eigenvalue weighted by molar-refractivity contribution is -0.123. The van der Waals surface area contributed by atoms with Crippen molar-refractivity contribution >= 4 is 16.7 Å². The van der Waals surface area contributed by atoms with Crippen molar-refractivity contribution < 1.29 is 19.4 Å². The van der Waals surface area contributed by atoms with Crippen molar-refractivity contribution in [3.05, 3.63) is 30.5 Å². The lowest BCUT2D eigenvalue weighted by atomic mass is 10.1. The van der Waals surface area contributed by atoms with Crippen LogP contribution < -0.4 is 14.8 Å². The van der Waals surface area contributed by atoms with E-state index >= 15 is 0 Å². The number of carbonyl (C=O) groups excluding carboxylic acids is 1. The Kier molecular flexibility index (Phi) is 4.85. The number of ether oxygens (including phenoxy) is 2. The molecule has 2 N–H and O–H groups in total. The summed E-state index contributed by atoms with van der Waals surface area (Å²) < 4.78 is 11.6. The van der Waals surface area contributed by atoms with E-state index in [4.69, 9.17) is 14.6 Å². The second-order valence-electron chi connectivity index (χ2n) is 6.30. The molecule has 6 nitrogen and oxygen atoms in total. The summed E-state index contributed by atoms with van der Waals surface area (Å²) >= 11 is 0. The number of hydrogen-bond acceptors (Lipinski definition) is 5. The molecule has 3 rings (SSSR count). The van der Waals surface area contributed by atoms with Gasteiger partial charge in [0.1, 0.15) is 12.4 Å². The van der Waals surface area contributed by atoms with Gasteiger partial charge in [-0.25, -0.2) is 4.98 Å². The quantitative estimate of drug-likeness (QED) is 0.845. The number of benzene rings is 1. The van der Waals surface area contributed by atoms with Crippen molar-refractivity contribution in [1.82, 2.24) is 10.3 Å². The normalized spacial score (nSPS) is 20.4. The molecule has 2 heterocycles. The molecule has 1 saturated heterocycles. The Morgan fingerprint density at radius 2 is 2.21 bits per heavy atom. The molecule has 2 aromatic rings. The highest BCUT2D eigenvalue weighted by Gasteiger charge is 2.31. The molecular formula is C18H22N2O4. The molecule has 128 valence electrons. The molecule has 1 aliphatic heterocycles. The van der Waals surface area contributed by atoms with Crippen molar-refractivity contribution in [3.63, 3.8) is 0 Å². The van der Waals surface area contributed by atoms with E-state index in [-0.39, 0.29) is 30.6 Å². The SMILES string of the molecule is CC(C)Oc1ccc2ccnc(OC[C@@H]3CC(CO)C(=O)N3)c2c1. The van der Waals surface area contributed by atoms with Crippen LogP contribution in [0.4, 0.5) is 0 Å². The van der Waals surface area contributed by atoms with Crippen LogP contribution in [0.5, 0.6) is 11.6 Å². The van der Waals surface area contributed by atoms with Gasteiger partial charge in [0.05, 0.1) is 24.7 Å². The lowest BCUT2D eigenvalue weighted by Gasteiger charge is -2.14. The van der Waals surface area contributed by atoms with Crippen molar-refractivity contribution in [2.75, 3.05) is 13.2 Å². The smallest absolute Gasteiger partial charge is 0.225 e. The monoisotopic (exact) mass is 330 g/mol. The zero-order valence-corrected chi connectivity index (χ0v) is 13.9. The van der Waals surface area contributed by atoms with Gasteiger partial charge in [-0.15, -0.1) is 0 Å². The number of rotatable bonds is 6. The molecule has 2 atom stereocenters. The topological polar surface area (TPSA) is 80.7 Å². The second kappa shape index (κ2) is 7.05. The third-order valence-electron chi connectivity index (χ3n) is 4.00. The van der Waals surface area contributed by atoms with Crippen LogP contribution in [0.1, 0.15) is 20.3 Å². The van der Waals surface area contributed by atoms with Gasteiger partial charge in [-0.1, -0.05) is 6.07 Å². The van der Waals surface area contributed by atoms with Crippen LogP contribution in [-0.4, -0.2) is 41.4 Å². The molecule has 0 aliphatic carbocycles. The van der Waals surface area contributed by atoms with Gasteiger partial charge >= 0.3 is 0 Å². The summed E-state index contributed by atoms with van der Waals surface area (Å²) in [5, 5.41) is 13.9. The summed E-state index contributed by atoms with van der Waals surface area (Å²) in [4.78, 5) is 15.9. The molecule has 6 heteroatoms. The fourth-order valence-electron chi connectivity index (χ4n) is 2.86. The van der Waals surface area contributed by atoms with E-state index in [0.717, 1.165) is 16.5 Å². The number of aromatic nitrogens is 1. The number of pyridine rings is 1. The molecule has 0 saturated carbocycles. The Hall–Kier alpha value is -2.34. The van der Waals surface area contributed by atoms with E-state index in [1.165, 1.54) is 0 Å². The number of nitrogens with one attached hydrogen (secondary N) is 1. The third kappa shape index (κ3) is 3.59. The Morgan fingerprint density at radius 1 is 1.38 bits per heavy atom. The highest BCUT2D eigenvalue weighted by atomic mass is 16.5. The van der Waals surface area contributed by atoms with Gasteiger partial charge in [-0.05, 0) is 43.9 Å². The third-order valence-corrected chi connectivity index (χ3v) is 4.00. The Morgan fingerprint density at radius 3 is 2.92 bits per heavy atom. The predicted octanol–water partition coefficient (Wildman–Crippen LogP) is 1.90. The average Bonchev–Trinajstić information content (AvgIpc) is 2.92. The van der Waals surface area contributed by atoms with E-state index in [0.29, 0.717) is 18.9 Å². The number of fused-ring (bicyclic) bond motifs is 1. The first-order chi connectivity index (χ1) is 11.6. The zero-order chi connectivity index (χ0) is 17.1. The van der Waals surface area contributed by atoms with Gasteiger partial charge in [0, 0.05) is 11.6 Å². The van der Waals surface area contributed by atoms with E-state index in [1.807, 2.05) is 38.1 Å². The molecule has 1 unspecified atom stereocenters. The Labute approximate surface area is 140 Å². The summed E-state index contributed by atoms with van der Waals surface area (Å²) in [5.74, 6) is 0.822. The summed E-state index contributed by atoms with van der Waals surface area (Å²) in [7, 11) is 0. The molecule has 1 aromatic carbocycles. The maximum atomic E-state index is 11.6. The molecule has 1 aliphatic rings. The first-order valence-electron chi connectivity index (χ1n) is 8.16. The minimum atomic E-state index is -0.342. The summed E-state index contributed by atoms with van der Waals surface area (Å²) in [5.41, 5.74) is 0. The van der Waals surface area contributed by atoms with Gasteiger partial charge < -0.3 is 19.9 Å². The highest BCUT2D eigenvalue weighted by Crippen LogP contribution is 2.28. The van der Waals surface area contributed by atoms with Gasteiger partial charge in [-0.2, -0.15) is 0 Å². The molecule has 1 aromatic heterocycles. The number of carbonyl (C=O) groups is 1. The van der Waals surface area contributed by atoms with Crippen LogP contribution in [0, 0.1) is 5.92 Å². The largest absolute Gasteiger partial charge is 0.491 e. The first kappa shape index (κ1) is 16.5. The van der Waals surface area contributed by atoms with Crippen LogP contribution in [-0.2, 0) is 4.79 Å². The van der Waals surface area contributed by atoms with E-state index in [1.54, 1.807) is 6.20 Å². The number of hydrogen-bond donors (Lipinski definition) is 2. The molecular weight excluding hydrogens is 308 g/mol. The van der Waals surface area contributed by atoms with Crippen LogP contribution in [0.2, 0.25) is 0 Å². The standard InChI is InChI=1S/C18H22N2O4/c1-11(2)24-15-4-3-12-5-6-19-18(16(12)8-15)23-10-14-7-13(9-21)17(22)20-14/h3-6,8,11,13-14,21H,7,9-10H2,1-2H3,(H,20,22)/t13?,14-/m0/s1. The maximum absolute atomic E-state index is 11.6. The van der Waals surface area contributed by atoms with Crippen LogP contribution >= 0.6 is 0 Å². The molecule has 1 amide bonds. The predicted molar refractivity (Wildman–Crippen MR) is 90.1 cm³/mol. The molecule has 0 bridgehead atoms. The van der Waals surface area contributed by atoms with Gasteiger partial charge in [0.15, 0.2) is 0 Å². The van der Waals surface area contributed by atoms with E-state index in [2.05, 4.69) is 10.3 Å². The summed E-state index contributed by atoms with van der Waals surface area (Å²) in [6.07, 6.45) is 2.36. The van der Waals surface area contributed by atoms with Gasteiger partial charge in [0.2, 0.25) is 11.8 Å². The lowest BCUT2D eigenvalue weighted by Crippen LogP contribution is -2.31. The fourth-order valence-corrected chi connectivity index (χ4v) is 2.86. The Balaban J connectivity index is 1.75. The van der Waals surface area contributed by atoms with Crippen LogP contribution in [0.3, 0.4) is 0 Å².